The van der Waals surface area contributed by atoms with E-state index in [1.165, 1.54) is 6.20 Å². The minimum absolute atomic E-state index is 0.267. The molecule has 1 aromatic heterocycles. The SMILES string of the molecule is CCCNCc1cc(F)cnc1N(CCC)CCN(C)C. The number of hydrogen-bond acceptors (Lipinski definition) is 4. The second-order valence-electron chi connectivity index (χ2n) is 5.60. The van der Waals surface area contributed by atoms with E-state index in [2.05, 4.69) is 48.0 Å². The number of nitrogens with zero attached hydrogens (tertiary/aromatic N) is 3. The third kappa shape index (κ3) is 6.40. The number of likely N-dealkylation sites (N-methyl/N-ethyl adjacent to an activating group) is 1. The van der Waals surface area contributed by atoms with E-state index < -0.39 is 0 Å². The molecule has 0 radical (unpaired) electrons. The molecule has 0 aliphatic rings. The van der Waals surface area contributed by atoms with Gasteiger partial charge in [0.15, 0.2) is 0 Å². The van der Waals surface area contributed by atoms with Crippen molar-refractivity contribution in [3.05, 3.63) is 23.6 Å². The first-order valence-electron chi connectivity index (χ1n) is 7.83. The number of halogens is 1. The van der Waals surface area contributed by atoms with Gasteiger partial charge in [0.25, 0.3) is 0 Å². The molecule has 1 aromatic rings. The van der Waals surface area contributed by atoms with Gasteiger partial charge in [-0.25, -0.2) is 9.37 Å². The van der Waals surface area contributed by atoms with Crippen molar-refractivity contribution in [3.63, 3.8) is 0 Å². The first-order valence-corrected chi connectivity index (χ1v) is 7.83. The van der Waals surface area contributed by atoms with Crippen LogP contribution in [0.5, 0.6) is 0 Å². The zero-order chi connectivity index (χ0) is 15.7. The molecular formula is C16H29FN4. The molecule has 21 heavy (non-hydrogen) atoms. The Morgan fingerprint density at radius 2 is 1.90 bits per heavy atom. The Hall–Kier alpha value is -1.20. The van der Waals surface area contributed by atoms with E-state index in [9.17, 15) is 4.39 Å². The first kappa shape index (κ1) is 17.9. The van der Waals surface area contributed by atoms with Crippen LogP contribution in [-0.4, -0.2) is 50.2 Å². The maximum Gasteiger partial charge on any atom is 0.141 e. The molecule has 0 fully saturated rings. The fraction of sp³-hybridized carbons (Fsp3) is 0.688. The van der Waals surface area contributed by atoms with Crippen LogP contribution in [0, 0.1) is 5.82 Å². The molecule has 1 heterocycles. The van der Waals surface area contributed by atoms with Crippen LogP contribution >= 0.6 is 0 Å². The molecule has 0 saturated carbocycles. The molecule has 120 valence electrons. The third-order valence-corrected chi connectivity index (χ3v) is 3.26. The van der Waals surface area contributed by atoms with E-state index in [0.717, 1.165) is 50.4 Å². The van der Waals surface area contributed by atoms with Gasteiger partial charge < -0.3 is 15.1 Å². The van der Waals surface area contributed by atoms with Crippen molar-refractivity contribution < 1.29 is 4.39 Å². The molecule has 1 N–H and O–H groups in total. The van der Waals surface area contributed by atoms with E-state index in [4.69, 9.17) is 0 Å². The molecule has 0 spiro atoms. The summed E-state index contributed by atoms with van der Waals surface area (Å²) < 4.78 is 13.5. The Labute approximate surface area is 128 Å². The molecular weight excluding hydrogens is 267 g/mol. The van der Waals surface area contributed by atoms with Crippen LogP contribution in [0.4, 0.5) is 10.2 Å². The fourth-order valence-electron chi connectivity index (χ4n) is 2.20. The highest BCUT2D eigenvalue weighted by Gasteiger charge is 2.13. The van der Waals surface area contributed by atoms with Crippen molar-refractivity contribution in [1.29, 1.82) is 0 Å². The standard InChI is InChI=1S/C16H29FN4/c1-5-7-18-12-14-11-15(17)13-19-16(14)21(8-6-2)10-9-20(3)4/h11,13,18H,5-10,12H2,1-4H3. The topological polar surface area (TPSA) is 31.4 Å². The highest BCUT2D eigenvalue weighted by Crippen LogP contribution is 2.19. The molecule has 0 aliphatic carbocycles. The predicted octanol–water partition coefficient (Wildman–Crippen LogP) is 2.50. The first-order chi connectivity index (χ1) is 10.1. The van der Waals surface area contributed by atoms with Crippen LogP contribution in [-0.2, 0) is 6.54 Å². The summed E-state index contributed by atoms with van der Waals surface area (Å²) in [4.78, 5) is 8.75. The van der Waals surface area contributed by atoms with Gasteiger partial charge in [-0.05, 0) is 39.5 Å². The quantitative estimate of drug-likeness (QED) is 0.672. The largest absolute Gasteiger partial charge is 0.355 e. The lowest BCUT2D eigenvalue weighted by molar-refractivity contribution is 0.412. The average Bonchev–Trinajstić information content (AvgIpc) is 2.44. The predicted molar refractivity (Wildman–Crippen MR) is 87.3 cm³/mol. The van der Waals surface area contributed by atoms with Gasteiger partial charge >= 0.3 is 0 Å². The van der Waals surface area contributed by atoms with Crippen LogP contribution in [0.1, 0.15) is 32.3 Å². The zero-order valence-corrected chi connectivity index (χ0v) is 13.8. The number of rotatable bonds is 10. The smallest absolute Gasteiger partial charge is 0.141 e. The van der Waals surface area contributed by atoms with Gasteiger partial charge in [0, 0.05) is 31.7 Å². The van der Waals surface area contributed by atoms with Crippen molar-refractivity contribution in [1.82, 2.24) is 15.2 Å². The lowest BCUT2D eigenvalue weighted by Crippen LogP contribution is -2.34. The van der Waals surface area contributed by atoms with Gasteiger partial charge in [0.05, 0.1) is 6.20 Å². The van der Waals surface area contributed by atoms with Crippen molar-refractivity contribution in [2.45, 2.75) is 33.2 Å². The Morgan fingerprint density at radius 3 is 2.52 bits per heavy atom. The summed E-state index contributed by atoms with van der Waals surface area (Å²) in [5.74, 6) is 0.639. The lowest BCUT2D eigenvalue weighted by Gasteiger charge is -2.27. The van der Waals surface area contributed by atoms with Gasteiger partial charge in [-0.3, -0.25) is 0 Å². The van der Waals surface area contributed by atoms with Gasteiger partial charge in [0.2, 0.25) is 0 Å². The van der Waals surface area contributed by atoms with Gasteiger partial charge in [-0.15, -0.1) is 0 Å². The molecule has 0 aromatic carbocycles. The summed E-state index contributed by atoms with van der Waals surface area (Å²) in [5.41, 5.74) is 0.940. The van der Waals surface area contributed by atoms with Crippen molar-refractivity contribution in [3.8, 4) is 0 Å². The zero-order valence-electron chi connectivity index (χ0n) is 13.8. The van der Waals surface area contributed by atoms with Crippen LogP contribution in [0.3, 0.4) is 0 Å². The molecule has 5 heteroatoms. The Morgan fingerprint density at radius 1 is 1.14 bits per heavy atom. The Kier molecular flexibility index (Phi) is 8.23. The molecule has 0 unspecified atom stereocenters. The van der Waals surface area contributed by atoms with Crippen LogP contribution in [0.2, 0.25) is 0 Å². The highest BCUT2D eigenvalue weighted by molar-refractivity contribution is 5.47. The minimum atomic E-state index is -0.267. The van der Waals surface area contributed by atoms with Crippen molar-refractivity contribution in [2.24, 2.45) is 0 Å². The second kappa shape index (κ2) is 9.68. The average molecular weight is 296 g/mol. The summed E-state index contributed by atoms with van der Waals surface area (Å²) >= 11 is 0. The normalized spacial score (nSPS) is 11.1. The number of nitrogens with one attached hydrogen (secondary N) is 1. The molecule has 0 atom stereocenters. The van der Waals surface area contributed by atoms with Crippen LogP contribution < -0.4 is 10.2 Å². The Bertz CT molecular complexity index is 409. The molecule has 0 bridgehead atoms. The third-order valence-electron chi connectivity index (χ3n) is 3.26. The number of pyridine rings is 1. The summed E-state index contributed by atoms with van der Waals surface area (Å²) in [5, 5.41) is 3.34. The Balaban J connectivity index is 2.88. The van der Waals surface area contributed by atoms with Crippen molar-refractivity contribution in [2.75, 3.05) is 45.2 Å². The van der Waals surface area contributed by atoms with E-state index >= 15 is 0 Å². The summed E-state index contributed by atoms with van der Waals surface area (Å²) in [6.45, 7) is 8.67. The fourth-order valence-corrected chi connectivity index (χ4v) is 2.20. The molecule has 0 saturated heterocycles. The van der Waals surface area contributed by atoms with Gasteiger partial charge in [-0.2, -0.15) is 0 Å². The van der Waals surface area contributed by atoms with E-state index in [1.807, 2.05) is 0 Å². The van der Waals surface area contributed by atoms with Crippen LogP contribution in [0.15, 0.2) is 12.3 Å². The monoisotopic (exact) mass is 296 g/mol. The number of hydrogen-bond donors (Lipinski definition) is 1. The number of aromatic nitrogens is 1. The maximum absolute atomic E-state index is 13.5. The second-order valence-corrected chi connectivity index (χ2v) is 5.60. The molecule has 4 nitrogen and oxygen atoms in total. The summed E-state index contributed by atoms with van der Waals surface area (Å²) in [6.07, 6.45) is 3.43. The highest BCUT2D eigenvalue weighted by atomic mass is 19.1. The van der Waals surface area contributed by atoms with E-state index in [0.29, 0.717) is 6.54 Å². The molecule has 0 amide bonds. The molecule has 0 aliphatic heterocycles. The minimum Gasteiger partial charge on any atom is -0.355 e. The number of anilines is 1. The maximum atomic E-state index is 13.5. The summed E-state index contributed by atoms with van der Waals surface area (Å²) in [7, 11) is 4.12. The van der Waals surface area contributed by atoms with Gasteiger partial charge in [-0.1, -0.05) is 13.8 Å². The van der Waals surface area contributed by atoms with Crippen LogP contribution in [0.25, 0.3) is 0 Å². The summed E-state index contributed by atoms with van der Waals surface area (Å²) in [6, 6.07) is 1.60. The van der Waals surface area contributed by atoms with Gasteiger partial charge in [0.1, 0.15) is 11.6 Å². The molecule has 1 rings (SSSR count). The van der Waals surface area contributed by atoms with E-state index in [-0.39, 0.29) is 5.82 Å². The lowest BCUT2D eigenvalue weighted by atomic mass is 10.2. The van der Waals surface area contributed by atoms with Crippen molar-refractivity contribution >= 4 is 5.82 Å². The van der Waals surface area contributed by atoms with E-state index in [1.54, 1.807) is 6.07 Å².